The van der Waals surface area contributed by atoms with Crippen LogP contribution in [0.1, 0.15) is 5.69 Å². The summed E-state index contributed by atoms with van der Waals surface area (Å²) in [4.78, 5) is 0. The van der Waals surface area contributed by atoms with Crippen molar-refractivity contribution in [3.8, 4) is 0 Å². The van der Waals surface area contributed by atoms with Gasteiger partial charge in [0.25, 0.3) is 0 Å². The van der Waals surface area contributed by atoms with Crippen molar-refractivity contribution in [2.24, 2.45) is 0 Å². The molecule has 6 nitrogen and oxygen atoms in total. The van der Waals surface area contributed by atoms with Gasteiger partial charge < -0.3 is 9.84 Å². The molecule has 84 valence electrons. The van der Waals surface area contributed by atoms with Crippen LogP contribution in [-0.2, 0) is 15.8 Å². The fourth-order valence-corrected chi connectivity index (χ4v) is 2.96. The molecule has 2 heterocycles. The van der Waals surface area contributed by atoms with Crippen molar-refractivity contribution in [1.82, 2.24) is 14.8 Å². The van der Waals surface area contributed by atoms with Gasteiger partial charge in [-0.15, -0.1) is 0 Å². The molecule has 0 radical (unpaired) electrons. The van der Waals surface area contributed by atoms with E-state index in [0.29, 0.717) is 31.9 Å². The summed E-state index contributed by atoms with van der Waals surface area (Å²) in [6.45, 7) is 2.47. The second-order valence-corrected chi connectivity index (χ2v) is 5.36. The number of rotatable bonds is 3. The lowest BCUT2D eigenvalue weighted by molar-refractivity contribution is 0.358. The van der Waals surface area contributed by atoms with Gasteiger partial charge >= 0.3 is 0 Å². The summed E-state index contributed by atoms with van der Waals surface area (Å²) < 4.78 is 29.8. The van der Waals surface area contributed by atoms with E-state index in [0.717, 1.165) is 0 Å². The van der Waals surface area contributed by atoms with Gasteiger partial charge in [-0.1, -0.05) is 5.16 Å². The first-order chi connectivity index (χ1) is 7.18. The number of piperazine rings is 1. The Morgan fingerprint density at radius 2 is 2.20 bits per heavy atom. The van der Waals surface area contributed by atoms with Crippen LogP contribution in [0.5, 0.6) is 0 Å². The Hall–Kier alpha value is -0.920. The first kappa shape index (κ1) is 10.6. The third-order valence-corrected chi connectivity index (χ3v) is 4.10. The minimum Gasteiger partial charge on any atom is -0.364 e. The predicted molar refractivity (Wildman–Crippen MR) is 53.6 cm³/mol. The summed E-state index contributed by atoms with van der Waals surface area (Å²) in [6, 6.07) is 1.57. The molecule has 1 saturated heterocycles. The Morgan fingerprint density at radius 3 is 2.80 bits per heavy atom. The van der Waals surface area contributed by atoms with Crippen molar-refractivity contribution >= 4 is 10.0 Å². The van der Waals surface area contributed by atoms with Crippen LogP contribution in [-0.4, -0.2) is 44.1 Å². The summed E-state index contributed by atoms with van der Waals surface area (Å²) in [5, 5.41) is 6.71. The van der Waals surface area contributed by atoms with E-state index in [1.807, 2.05) is 0 Å². The van der Waals surface area contributed by atoms with Gasteiger partial charge in [0, 0.05) is 32.2 Å². The van der Waals surface area contributed by atoms with Gasteiger partial charge in [-0.3, -0.25) is 0 Å². The maximum absolute atomic E-state index is 11.9. The van der Waals surface area contributed by atoms with E-state index < -0.39 is 10.0 Å². The zero-order chi connectivity index (χ0) is 10.7. The van der Waals surface area contributed by atoms with Crippen LogP contribution in [0.15, 0.2) is 16.9 Å². The summed E-state index contributed by atoms with van der Waals surface area (Å²) >= 11 is 0. The summed E-state index contributed by atoms with van der Waals surface area (Å²) in [6.07, 6.45) is 1.38. The van der Waals surface area contributed by atoms with Crippen LogP contribution >= 0.6 is 0 Å². The molecule has 1 aliphatic rings. The third-order valence-electron chi connectivity index (χ3n) is 2.29. The van der Waals surface area contributed by atoms with E-state index in [1.54, 1.807) is 6.07 Å². The van der Waals surface area contributed by atoms with E-state index in [1.165, 1.54) is 10.6 Å². The molecular weight excluding hydrogens is 218 g/mol. The number of aromatic nitrogens is 1. The van der Waals surface area contributed by atoms with Gasteiger partial charge in [-0.2, -0.15) is 4.31 Å². The second-order valence-electron chi connectivity index (χ2n) is 3.40. The van der Waals surface area contributed by atoms with Crippen molar-refractivity contribution in [2.75, 3.05) is 26.2 Å². The van der Waals surface area contributed by atoms with Crippen LogP contribution in [0.25, 0.3) is 0 Å². The molecule has 0 bridgehead atoms. The predicted octanol–water partition coefficient (Wildman–Crippen LogP) is -0.590. The minimum absolute atomic E-state index is 0.0799. The SMILES string of the molecule is O=S(=O)(Cc1ccon1)N1CCNCC1. The highest BCUT2D eigenvalue weighted by molar-refractivity contribution is 7.88. The Kier molecular flexibility index (Phi) is 3.03. The Balaban J connectivity index is 2.05. The molecule has 0 spiro atoms. The average Bonchev–Trinajstić information content (AvgIpc) is 2.71. The molecule has 0 atom stereocenters. The maximum atomic E-state index is 11.9. The standard InChI is InChI=1S/C8H13N3O3S/c12-15(13,7-8-1-6-14-10-8)11-4-2-9-3-5-11/h1,6,9H,2-5,7H2. The third kappa shape index (κ3) is 2.55. The highest BCUT2D eigenvalue weighted by atomic mass is 32.2. The number of sulfonamides is 1. The molecule has 0 unspecified atom stereocenters. The van der Waals surface area contributed by atoms with E-state index in [4.69, 9.17) is 0 Å². The van der Waals surface area contributed by atoms with Crippen molar-refractivity contribution in [1.29, 1.82) is 0 Å². The van der Waals surface area contributed by atoms with Crippen LogP contribution < -0.4 is 5.32 Å². The van der Waals surface area contributed by atoms with Crippen molar-refractivity contribution in [2.45, 2.75) is 5.75 Å². The zero-order valence-corrected chi connectivity index (χ0v) is 9.03. The highest BCUT2D eigenvalue weighted by Crippen LogP contribution is 2.09. The van der Waals surface area contributed by atoms with Gasteiger partial charge in [0.2, 0.25) is 10.0 Å². The van der Waals surface area contributed by atoms with Gasteiger partial charge in [0.1, 0.15) is 12.0 Å². The van der Waals surface area contributed by atoms with Crippen molar-refractivity contribution < 1.29 is 12.9 Å². The molecule has 2 rings (SSSR count). The Morgan fingerprint density at radius 1 is 1.47 bits per heavy atom. The van der Waals surface area contributed by atoms with Crippen LogP contribution in [0, 0.1) is 0 Å². The molecule has 1 aromatic heterocycles. The van der Waals surface area contributed by atoms with Crippen molar-refractivity contribution in [3.05, 3.63) is 18.0 Å². The van der Waals surface area contributed by atoms with E-state index in [9.17, 15) is 8.42 Å². The number of hydrogen-bond donors (Lipinski definition) is 1. The normalized spacial score (nSPS) is 19.2. The topological polar surface area (TPSA) is 75.4 Å². The molecular formula is C8H13N3O3S. The Labute approximate surface area is 88.3 Å². The van der Waals surface area contributed by atoms with Gasteiger partial charge in [0.05, 0.1) is 5.69 Å². The quantitative estimate of drug-likeness (QED) is 0.752. The van der Waals surface area contributed by atoms with Gasteiger partial charge in [-0.25, -0.2) is 8.42 Å². The second kappa shape index (κ2) is 4.30. The average molecular weight is 231 g/mol. The lowest BCUT2D eigenvalue weighted by Gasteiger charge is -2.26. The Bertz CT molecular complexity index is 395. The lowest BCUT2D eigenvalue weighted by Crippen LogP contribution is -2.46. The summed E-state index contributed by atoms with van der Waals surface area (Å²) in [7, 11) is -3.24. The molecule has 0 amide bonds. The van der Waals surface area contributed by atoms with E-state index in [2.05, 4.69) is 15.0 Å². The fourth-order valence-electron chi connectivity index (χ4n) is 1.51. The van der Waals surface area contributed by atoms with E-state index >= 15 is 0 Å². The van der Waals surface area contributed by atoms with Crippen molar-refractivity contribution in [3.63, 3.8) is 0 Å². The fraction of sp³-hybridized carbons (Fsp3) is 0.625. The number of nitrogens with one attached hydrogen (secondary N) is 1. The molecule has 1 N–H and O–H groups in total. The van der Waals surface area contributed by atoms with E-state index in [-0.39, 0.29) is 5.75 Å². The molecule has 1 aromatic rings. The maximum Gasteiger partial charge on any atom is 0.220 e. The number of nitrogens with zero attached hydrogens (tertiary/aromatic N) is 2. The summed E-state index contributed by atoms with van der Waals surface area (Å²) in [5.41, 5.74) is 0.452. The highest BCUT2D eigenvalue weighted by Gasteiger charge is 2.24. The first-order valence-electron chi connectivity index (χ1n) is 4.76. The molecule has 1 aliphatic heterocycles. The monoisotopic (exact) mass is 231 g/mol. The minimum atomic E-state index is -3.24. The van der Waals surface area contributed by atoms with Crippen LogP contribution in [0.4, 0.5) is 0 Å². The van der Waals surface area contributed by atoms with Gasteiger partial charge in [0.15, 0.2) is 0 Å². The lowest BCUT2D eigenvalue weighted by atomic mass is 10.4. The molecule has 1 fully saturated rings. The van der Waals surface area contributed by atoms with Gasteiger partial charge in [-0.05, 0) is 0 Å². The molecule has 0 aromatic carbocycles. The summed E-state index contributed by atoms with van der Waals surface area (Å²) in [5.74, 6) is -0.0799. The molecule has 0 saturated carbocycles. The molecule has 0 aliphatic carbocycles. The first-order valence-corrected chi connectivity index (χ1v) is 6.37. The van der Waals surface area contributed by atoms with Crippen LogP contribution in [0.3, 0.4) is 0 Å². The molecule has 7 heteroatoms. The molecule has 15 heavy (non-hydrogen) atoms. The zero-order valence-electron chi connectivity index (χ0n) is 8.22. The smallest absolute Gasteiger partial charge is 0.220 e. The largest absolute Gasteiger partial charge is 0.364 e. The van der Waals surface area contributed by atoms with Crippen LogP contribution in [0.2, 0.25) is 0 Å². The number of hydrogen-bond acceptors (Lipinski definition) is 5.